The Balaban J connectivity index is 2.10. The third-order valence-electron chi connectivity index (χ3n) is 4.89. The molecule has 0 radical (unpaired) electrons. The predicted octanol–water partition coefficient (Wildman–Crippen LogP) is 1.94. The summed E-state index contributed by atoms with van der Waals surface area (Å²) < 4.78 is 32.4. The molecule has 1 amide bonds. The number of nitrogens with one attached hydrogen (secondary N) is 1. The van der Waals surface area contributed by atoms with Crippen molar-refractivity contribution in [1.82, 2.24) is 4.31 Å². The number of hydrogen-bond donors (Lipinski definition) is 2. The van der Waals surface area contributed by atoms with Gasteiger partial charge in [0, 0.05) is 32.4 Å². The number of anilines is 1. The summed E-state index contributed by atoms with van der Waals surface area (Å²) in [7, 11) is -0.453. The van der Waals surface area contributed by atoms with E-state index in [0.29, 0.717) is 5.69 Å². The zero-order valence-electron chi connectivity index (χ0n) is 15.5. The monoisotopic (exact) mass is 383 g/mol. The molecular formula is C18H29N3O4S. The number of rotatable bonds is 8. The lowest BCUT2D eigenvalue weighted by Gasteiger charge is -2.30. The molecular weight excluding hydrogens is 354 g/mol. The van der Waals surface area contributed by atoms with E-state index in [0.717, 1.165) is 32.1 Å². The van der Waals surface area contributed by atoms with E-state index >= 15 is 0 Å². The molecule has 0 heterocycles. The van der Waals surface area contributed by atoms with E-state index in [2.05, 4.69) is 5.32 Å². The van der Waals surface area contributed by atoms with E-state index in [-0.39, 0.29) is 35.9 Å². The Bertz CT molecular complexity index is 698. The molecule has 1 aliphatic carbocycles. The fourth-order valence-electron chi connectivity index (χ4n) is 3.22. The number of amides is 1. The summed E-state index contributed by atoms with van der Waals surface area (Å²) in [5.74, 6) is -0.266. The van der Waals surface area contributed by atoms with E-state index in [9.17, 15) is 13.2 Å². The van der Waals surface area contributed by atoms with Gasteiger partial charge in [0.1, 0.15) is 0 Å². The molecule has 1 atom stereocenters. The van der Waals surface area contributed by atoms with E-state index in [4.69, 9.17) is 10.5 Å². The molecule has 1 aromatic carbocycles. The maximum atomic E-state index is 12.9. The lowest BCUT2D eigenvalue weighted by Crippen LogP contribution is -2.38. The maximum Gasteiger partial charge on any atom is 0.243 e. The van der Waals surface area contributed by atoms with Crippen LogP contribution >= 0.6 is 0 Å². The number of benzene rings is 1. The topological polar surface area (TPSA) is 102 Å². The highest BCUT2D eigenvalue weighted by Gasteiger charge is 2.29. The van der Waals surface area contributed by atoms with Gasteiger partial charge in [-0.3, -0.25) is 4.79 Å². The third-order valence-corrected chi connectivity index (χ3v) is 6.80. The van der Waals surface area contributed by atoms with Gasteiger partial charge in [-0.2, -0.15) is 4.31 Å². The number of carbonyl (C=O) groups excluding carboxylic acids is 1. The molecule has 1 unspecified atom stereocenters. The average Bonchev–Trinajstić information content (AvgIpc) is 2.66. The first-order valence-corrected chi connectivity index (χ1v) is 10.4. The van der Waals surface area contributed by atoms with E-state index < -0.39 is 10.0 Å². The van der Waals surface area contributed by atoms with Crippen molar-refractivity contribution < 1.29 is 17.9 Å². The second-order valence-corrected chi connectivity index (χ2v) is 8.68. The first-order chi connectivity index (χ1) is 12.4. The lowest BCUT2D eigenvalue weighted by atomic mass is 9.96. The lowest BCUT2D eigenvalue weighted by molar-refractivity contribution is -0.118. The van der Waals surface area contributed by atoms with Crippen molar-refractivity contribution in [2.24, 2.45) is 5.73 Å². The van der Waals surface area contributed by atoms with Gasteiger partial charge < -0.3 is 15.8 Å². The molecule has 1 saturated carbocycles. The summed E-state index contributed by atoms with van der Waals surface area (Å²) in [6.07, 6.45) is 4.82. The van der Waals surface area contributed by atoms with Crippen LogP contribution in [-0.4, -0.2) is 51.5 Å². The number of nitrogens with two attached hydrogens (primary N) is 1. The quantitative estimate of drug-likeness (QED) is 0.714. The SMILES string of the molecule is COC(CN)CC(=O)Nc1cccc(S(=O)(=O)N(C)C2CCCCC2)c1. The van der Waals surface area contributed by atoms with Crippen molar-refractivity contribution in [3.63, 3.8) is 0 Å². The molecule has 0 aliphatic heterocycles. The van der Waals surface area contributed by atoms with Crippen molar-refractivity contribution in [3.8, 4) is 0 Å². The van der Waals surface area contributed by atoms with Gasteiger partial charge in [-0.1, -0.05) is 25.3 Å². The van der Waals surface area contributed by atoms with Gasteiger partial charge in [-0.15, -0.1) is 0 Å². The molecule has 1 aliphatic rings. The summed E-state index contributed by atoms with van der Waals surface area (Å²) >= 11 is 0. The zero-order valence-corrected chi connectivity index (χ0v) is 16.3. The first-order valence-electron chi connectivity index (χ1n) is 8.99. The Morgan fingerprint density at radius 3 is 2.65 bits per heavy atom. The number of nitrogens with zero attached hydrogens (tertiary/aromatic N) is 1. The highest BCUT2D eigenvalue weighted by Crippen LogP contribution is 2.27. The molecule has 26 heavy (non-hydrogen) atoms. The number of methoxy groups -OCH3 is 1. The van der Waals surface area contributed by atoms with Crippen molar-refractivity contribution in [2.75, 3.05) is 26.0 Å². The summed E-state index contributed by atoms with van der Waals surface area (Å²) in [5, 5.41) is 2.71. The molecule has 0 spiro atoms. The van der Waals surface area contributed by atoms with Crippen molar-refractivity contribution in [1.29, 1.82) is 0 Å². The van der Waals surface area contributed by atoms with Gasteiger partial charge in [0.25, 0.3) is 0 Å². The Morgan fingerprint density at radius 1 is 1.35 bits per heavy atom. The van der Waals surface area contributed by atoms with Crippen LogP contribution in [0.3, 0.4) is 0 Å². The van der Waals surface area contributed by atoms with E-state index in [1.807, 2.05) is 0 Å². The van der Waals surface area contributed by atoms with Gasteiger partial charge in [-0.05, 0) is 31.0 Å². The standard InChI is InChI=1S/C18H29N3O4S/c1-21(15-8-4-3-5-9-15)26(23,24)17-10-6-7-14(11-17)20-18(22)12-16(13-19)25-2/h6-7,10-11,15-16H,3-5,8-9,12-13,19H2,1-2H3,(H,20,22). The second-order valence-electron chi connectivity index (χ2n) is 6.69. The normalized spacial score (nSPS) is 17.2. The van der Waals surface area contributed by atoms with Gasteiger partial charge in [0.05, 0.1) is 17.4 Å². The molecule has 8 heteroatoms. The van der Waals surface area contributed by atoms with Crippen LogP contribution in [0.1, 0.15) is 38.5 Å². The minimum atomic E-state index is -3.59. The molecule has 1 aromatic rings. The Hall–Kier alpha value is -1.48. The Kier molecular flexibility index (Phi) is 7.57. The zero-order chi connectivity index (χ0) is 19.2. The molecule has 3 N–H and O–H groups in total. The molecule has 2 rings (SSSR count). The fraction of sp³-hybridized carbons (Fsp3) is 0.611. The number of ether oxygens (including phenoxy) is 1. The summed E-state index contributed by atoms with van der Waals surface area (Å²) in [6.45, 7) is 0.241. The minimum Gasteiger partial charge on any atom is -0.380 e. The van der Waals surface area contributed by atoms with Gasteiger partial charge in [-0.25, -0.2) is 8.42 Å². The van der Waals surface area contributed by atoms with Crippen LogP contribution in [0.4, 0.5) is 5.69 Å². The molecule has 0 saturated heterocycles. The van der Waals surface area contributed by atoms with Crippen LogP contribution in [0.25, 0.3) is 0 Å². The van der Waals surface area contributed by atoms with E-state index in [1.165, 1.54) is 17.5 Å². The maximum absolute atomic E-state index is 12.9. The van der Waals surface area contributed by atoms with Crippen molar-refractivity contribution in [2.45, 2.75) is 55.6 Å². The molecule has 7 nitrogen and oxygen atoms in total. The van der Waals surface area contributed by atoms with Crippen molar-refractivity contribution in [3.05, 3.63) is 24.3 Å². The average molecular weight is 384 g/mol. The number of hydrogen-bond acceptors (Lipinski definition) is 5. The largest absolute Gasteiger partial charge is 0.380 e. The minimum absolute atomic E-state index is 0.0408. The van der Waals surface area contributed by atoms with Gasteiger partial charge in [0.15, 0.2) is 0 Å². The summed E-state index contributed by atoms with van der Waals surface area (Å²) in [5.41, 5.74) is 5.96. The highest BCUT2D eigenvalue weighted by molar-refractivity contribution is 7.89. The molecule has 1 fully saturated rings. The number of sulfonamides is 1. The van der Waals surface area contributed by atoms with Crippen LogP contribution in [0.5, 0.6) is 0 Å². The Morgan fingerprint density at radius 2 is 2.04 bits per heavy atom. The molecule has 0 aromatic heterocycles. The van der Waals surface area contributed by atoms with Crippen molar-refractivity contribution >= 4 is 21.6 Å². The number of carbonyl (C=O) groups is 1. The van der Waals surface area contributed by atoms with Crippen LogP contribution in [0, 0.1) is 0 Å². The van der Waals surface area contributed by atoms with Crippen LogP contribution in [0.2, 0.25) is 0 Å². The molecule has 0 bridgehead atoms. The van der Waals surface area contributed by atoms with E-state index in [1.54, 1.807) is 25.2 Å². The highest BCUT2D eigenvalue weighted by atomic mass is 32.2. The van der Waals surface area contributed by atoms with Crippen LogP contribution < -0.4 is 11.1 Å². The van der Waals surface area contributed by atoms with Crippen LogP contribution in [-0.2, 0) is 19.6 Å². The summed E-state index contributed by atoms with van der Waals surface area (Å²) in [4.78, 5) is 12.3. The third kappa shape index (κ3) is 5.26. The predicted molar refractivity (Wildman–Crippen MR) is 101 cm³/mol. The Labute approximate surface area is 155 Å². The molecule has 146 valence electrons. The first kappa shape index (κ1) is 20.8. The second kappa shape index (κ2) is 9.45. The van der Waals surface area contributed by atoms with Crippen LogP contribution in [0.15, 0.2) is 29.2 Å². The summed E-state index contributed by atoms with van der Waals surface area (Å²) in [6, 6.07) is 6.40. The van der Waals surface area contributed by atoms with Gasteiger partial charge in [0.2, 0.25) is 15.9 Å². The van der Waals surface area contributed by atoms with Gasteiger partial charge >= 0.3 is 0 Å². The smallest absolute Gasteiger partial charge is 0.243 e. The fourth-order valence-corrected chi connectivity index (χ4v) is 4.69.